The lowest BCUT2D eigenvalue weighted by atomic mass is 10.2. The predicted molar refractivity (Wildman–Crippen MR) is 108 cm³/mol. The summed E-state index contributed by atoms with van der Waals surface area (Å²) >= 11 is 5.85. The number of nitrogens with zero attached hydrogens (tertiary/aromatic N) is 1. The minimum atomic E-state index is -0.266. The van der Waals surface area contributed by atoms with Crippen LogP contribution < -0.4 is 18.9 Å². The molecule has 2 aromatic carbocycles. The van der Waals surface area contributed by atoms with Crippen LogP contribution in [0.15, 0.2) is 42.5 Å². The monoisotopic (exact) mass is 421 g/mol. The van der Waals surface area contributed by atoms with Gasteiger partial charge in [-0.25, -0.2) is 0 Å². The second-order valence-electron chi connectivity index (χ2n) is 6.38. The summed E-state index contributed by atoms with van der Waals surface area (Å²) in [6, 6.07) is 12.3. The highest BCUT2D eigenvalue weighted by atomic mass is 35.5. The SMILES string of the molecule is COc1cccc(OC)c1OC[C@@H]1CN(C(=O)COc2ccc(Cl)cc2)CCO1. The number of carbonyl (C=O) groups excluding carboxylic acids is 1. The fourth-order valence-corrected chi connectivity index (χ4v) is 3.08. The van der Waals surface area contributed by atoms with Gasteiger partial charge < -0.3 is 28.6 Å². The third-order valence-corrected chi connectivity index (χ3v) is 4.72. The third kappa shape index (κ3) is 5.68. The minimum Gasteiger partial charge on any atom is -0.493 e. The summed E-state index contributed by atoms with van der Waals surface area (Å²) in [5.74, 6) is 2.15. The number of rotatable bonds is 8. The average Bonchev–Trinajstić information content (AvgIpc) is 2.77. The normalized spacial score (nSPS) is 16.2. The number of benzene rings is 2. The van der Waals surface area contributed by atoms with Crippen molar-refractivity contribution in [2.45, 2.75) is 6.10 Å². The Morgan fingerprint density at radius 2 is 1.79 bits per heavy atom. The fourth-order valence-electron chi connectivity index (χ4n) is 2.95. The van der Waals surface area contributed by atoms with Gasteiger partial charge in [-0.05, 0) is 36.4 Å². The summed E-state index contributed by atoms with van der Waals surface area (Å²) in [5, 5.41) is 0.617. The van der Waals surface area contributed by atoms with Crippen molar-refractivity contribution in [2.75, 3.05) is 47.1 Å². The Hall–Kier alpha value is -2.64. The summed E-state index contributed by atoms with van der Waals surface area (Å²) in [6.07, 6.45) is -0.266. The number of hydrogen-bond donors (Lipinski definition) is 0. The van der Waals surface area contributed by atoms with Gasteiger partial charge in [-0.2, -0.15) is 0 Å². The van der Waals surface area contributed by atoms with Crippen LogP contribution >= 0.6 is 11.6 Å². The van der Waals surface area contributed by atoms with Gasteiger partial charge in [0.2, 0.25) is 5.75 Å². The van der Waals surface area contributed by atoms with Crippen molar-refractivity contribution in [1.29, 1.82) is 0 Å². The standard InChI is InChI=1S/C21H24ClNO6/c1-25-18-4-3-5-19(26-2)21(18)29-13-17-12-23(10-11-27-17)20(24)14-28-16-8-6-15(22)7-9-16/h3-9,17H,10-14H2,1-2H3/t17-/m0/s1. The van der Waals surface area contributed by atoms with Crippen molar-refractivity contribution in [3.63, 3.8) is 0 Å². The maximum Gasteiger partial charge on any atom is 0.260 e. The number of amides is 1. The first-order valence-corrected chi connectivity index (χ1v) is 9.60. The first kappa shape index (κ1) is 21.1. The molecule has 0 aromatic heterocycles. The molecule has 7 nitrogen and oxygen atoms in total. The molecule has 0 aliphatic carbocycles. The molecule has 1 amide bonds. The second kappa shape index (κ2) is 10.2. The Bertz CT molecular complexity index is 791. The van der Waals surface area contributed by atoms with Crippen LogP contribution in [0.1, 0.15) is 0 Å². The van der Waals surface area contributed by atoms with Gasteiger partial charge in [-0.1, -0.05) is 17.7 Å². The fraction of sp³-hybridized carbons (Fsp3) is 0.381. The molecule has 156 valence electrons. The van der Waals surface area contributed by atoms with E-state index < -0.39 is 0 Å². The zero-order chi connectivity index (χ0) is 20.6. The topological polar surface area (TPSA) is 66.5 Å². The maximum absolute atomic E-state index is 12.5. The summed E-state index contributed by atoms with van der Waals surface area (Å²) in [6.45, 7) is 1.58. The largest absolute Gasteiger partial charge is 0.493 e. The molecular weight excluding hydrogens is 398 g/mol. The zero-order valence-corrected chi connectivity index (χ0v) is 17.2. The molecule has 0 saturated carbocycles. The van der Waals surface area contributed by atoms with Gasteiger partial charge in [0.1, 0.15) is 18.5 Å². The molecule has 0 spiro atoms. The molecule has 1 atom stereocenters. The Kier molecular flexibility index (Phi) is 7.43. The highest BCUT2D eigenvalue weighted by Crippen LogP contribution is 2.36. The molecule has 29 heavy (non-hydrogen) atoms. The van der Waals surface area contributed by atoms with Crippen molar-refractivity contribution in [3.8, 4) is 23.0 Å². The van der Waals surface area contributed by atoms with E-state index >= 15 is 0 Å². The van der Waals surface area contributed by atoms with Crippen molar-refractivity contribution in [2.24, 2.45) is 0 Å². The lowest BCUT2D eigenvalue weighted by Gasteiger charge is -2.33. The quantitative estimate of drug-likeness (QED) is 0.652. The molecule has 0 N–H and O–H groups in total. The molecule has 3 rings (SSSR count). The summed E-state index contributed by atoms with van der Waals surface area (Å²) in [5.41, 5.74) is 0. The molecule has 0 unspecified atom stereocenters. The summed E-state index contributed by atoms with van der Waals surface area (Å²) in [4.78, 5) is 14.2. The molecule has 1 aliphatic heterocycles. The van der Waals surface area contributed by atoms with Crippen LogP contribution in [-0.2, 0) is 9.53 Å². The van der Waals surface area contributed by atoms with Gasteiger partial charge in [0.25, 0.3) is 5.91 Å². The van der Waals surface area contributed by atoms with Gasteiger partial charge in [0.05, 0.1) is 27.4 Å². The van der Waals surface area contributed by atoms with Crippen LogP contribution in [0.25, 0.3) is 0 Å². The van der Waals surface area contributed by atoms with E-state index in [0.717, 1.165) is 0 Å². The molecule has 1 heterocycles. The number of para-hydroxylation sites is 1. The minimum absolute atomic E-state index is 0.0461. The number of carbonyl (C=O) groups is 1. The van der Waals surface area contributed by atoms with E-state index in [-0.39, 0.29) is 25.2 Å². The number of hydrogen-bond acceptors (Lipinski definition) is 6. The number of methoxy groups -OCH3 is 2. The highest BCUT2D eigenvalue weighted by molar-refractivity contribution is 6.30. The lowest BCUT2D eigenvalue weighted by molar-refractivity contribution is -0.142. The Balaban J connectivity index is 1.53. The third-order valence-electron chi connectivity index (χ3n) is 4.46. The van der Waals surface area contributed by atoms with Crippen LogP contribution in [-0.4, -0.2) is 64.0 Å². The Labute approximate surface area is 175 Å². The highest BCUT2D eigenvalue weighted by Gasteiger charge is 2.26. The van der Waals surface area contributed by atoms with Crippen LogP contribution in [0.4, 0.5) is 0 Å². The number of halogens is 1. The summed E-state index contributed by atoms with van der Waals surface area (Å²) < 4.78 is 27.9. The van der Waals surface area contributed by atoms with E-state index in [0.29, 0.717) is 47.7 Å². The van der Waals surface area contributed by atoms with Crippen molar-refractivity contribution in [3.05, 3.63) is 47.5 Å². The van der Waals surface area contributed by atoms with Crippen LogP contribution in [0.2, 0.25) is 5.02 Å². The van der Waals surface area contributed by atoms with Crippen LogP contribution in [0.5, 0.6) is 23.0 Å². The van der Waals surface area contributed by atoms with Gasteiger partial charge >= 0.3 is 0 Å². The zero-order valence-electron chi connectivity index (χ0n) is 16.4. The van der Waals surface area contributed by atoms with Crippen LogP contribution in [0.3, 0.4) is 0 Å². The molecule has 8 heteroatoms. The molecule has 2 aromatic rings. The van der Waals surface area contributed by atoms with E-state index in [1.165, 1.54) is 0 Å². The maximum atomic E-state index is 12.5. The van der Waals surface area contributed by atoms with Gasteiger partial charge in [0, 0.05) is 11.6 Å². The summed E-state index contributed by atoms with van der Waals surface area (Å²) in [7, 11) is 3.14. The van der Waals surface area contributed by atoms with E-state index in [1.54, 1.807) is 55.5 Å². The molecule has 0 radical (unpaired) electrons. The Morgan fingerprint density at radius 3 is 2.45 bits per heavy atom. The first-order chi connectivity index (χ1) is 14.1. The smallest absolute Gasteiger partial charge is 0.260 e. The molecule has 1 saturated heterocycles. The van der Waals surface area contributed by atoms with Crippen LogP contribution in [0, 0.1) is 0 Å². The van der Waals surface area contributed by atoms with E-state index in [1.807, 2.05) is 6.07 Å². The lowest BCUT2D eigenvalue weighted by Crippen LogP contribution is -2.49. The van der Waals surface area contributed by atoms with Gasteiger partial charge in [0.15, 0.2) is 18.1 Å². The second-order valence-corrected chi connectivity index (χ2v) is 6.81. The van der Waals surface area contributed by atoms with Crippen molar-refractivity contribution >= 4 is 17.5 Å². The van der Waals surface area contributed by atoms with Crippen molar-refractivity contribution < 1.29 is 28.5 Å². The average molecular weight is 422 g/mol. The van der Waals surface area contributed by atoms with Gasteiger partial charge in [-0.15, -0.1) is 0 Å². The molecular formula is C21H24ClNO6. The van der Waals surface area contributed by atoms with E-state index in [4.69, 9.17) is 35.3 Å². The number of morpholine rings is 1. The van der Waals surface area contributed by atoms with Crippen molar-refractivity contribution in [1.82, 2.24) is 4.90 Å². The Morgan fingerprint density at radius 1 is 1.10 bits per heavy atom. The van der Waals surface area contributed by atoms with E-state index in [2.05, 4.69) is 0 Å². The number of ether oxygens (including phenoxy) is 5. The molecule has 1 fully saturated rings. The first-order valence-electron chi connectivity index (χ1n) is 9.22. The van der Waals surface area contributed by atoms with E-state index in [9.17, 15) is 4.79 Å². The predicted octanol–water partition coefficient (Wildman–Crippen LogP) is 3.04. The molecule has 1 aliphatic rings. The van der Waals surface area contributed by atoms with Gasteiger partial charge in [-0.3, -0.25) is 4.79 Å². The molecule has 0 bridgehead atoms.